The van der Waals surface area contributed by atoms with E-state index < -0.39 is 17.7 Å². The summed E-state index contributed by atoms with van der Waals surface area (Å²) in [4.78, 5) is 16.5. The van der Waals surface area contributed by atoms with Crippen molar-refractivity contribution in [3.63, 3.8) is 0 Å². The zero-order valence-electron chi connectivity index (χ0n) is 18.0. The lowest BCUT2D eigenvalue weighted by atomic mass is 10.2. The number of aromatic nitrogens is 1. The van der Waals surface area contributed by atoms with Crippen molar-refractivity contribution in [1.82, 2.24) is 4.98 Å². The number of ether oxygens (including phenoxy) is 3. The SMILES string of the molecule is COc1cc2nccc(Oc3ccc(NC(=O)Nc4ccc(F)cc4F)cc3)c2cc1OCN. The normalized spacial score (nSPS) is 10.6. The van der Waals surface area contributed by atoms with Gasteiger partial charge in [-0.3, -0.25) is 10.7 Å². The van der Waals surface area contributed by atoms with E-state index in [2.05, 4.69) is 15.6 Å². The van der Waals surface area contributed by atoms with Crippen molar-refractivity contribution in [2.75, 3.05) is 24.5 Å². The number of carbonyl (C=O) groups excluding carboxylic acids is 1. The van der Waals surface area contributed by atoms with Gasteiger partial charge in [-0.2, -0.15) is 0 Å². The number of hydrogen-bond acceptors (Lipinski definition) is 6. The van der Waals surface area contributed by atoms with Gasteiger partial charge in [0, 0.05) is 29.4 Å². The molecule has 10 heteroatoms. The van der Waals surface area contributed by atoms with Crippen molar-refractivity contribution in [2.45, 2.75) is 0 Å². The Morgan fingerprint density at radius 3 is 2.47 bits per heavy atom. The molecule has 0 aliphatic heterocycles. The summed E-state index contributed by atoms with van der Waals surface area (Å²) in [7, 11) is 1.52. The molecule has 2 amide bonds. The molecule has 4 N–H and O–H groups in total. The lowest BCUT2D eigenvalue weighted by Gasteiger charge is -2.13. The molecule has 0 saturated heterocycles. The van der Waals surface area contributed by atoms with Crippen molar-refractivity contribution in [3.05, 3.63) is 78.5 Å². The Bertz CT molecular complexity index is 1330. The monoisotopic (exact) mass is 466 g/mol. The van der Waals surface area contributed by atoms with Crippen molar-refractivity contribution < 1.29 is 27.8 Å². The van der Waals surface area contributed by atoms with E-state index in [0.29, 0.717) is 45.7 Å². The number of urea groups is 1. The second-order valence-corrected chi connectivity index (χ2v) is 6.97. The molecule has 0 spiro atoms. The summed E-state index contributed by atoms with van der Waals surface area (Å²) in [6.07, 6.45) is 1.61. The van der Waals surface area contributed by atoms with E-state index in [9.17, 15) is 13.6 Å². The molecule has 0 saturated carbocycles. The minimum atomic E-state index is -0.874. The molecule has 0 atom stereocenters. The van der Waals surface area contributed by atoms with E-state index in [-0.39, 0.29) is 12.4 Å². The first-order chi connectivity index (χ1) is 16.5. The molecular weight excluding hydrogens is 446 g/mol. The Kier molecular flexibility index (Phi) is 6.69. The number of amides is 2. The zero-order valence-corrected chi connectivity index (χ0v) is 18.0. The Labute approximate surface area is 193 Å². The fourth-order valence-electron chi connectivity index (χ4n) is 3.19. The van der Waals surface area contributed by atoms with Gasteiger partial charge in [0.15, 0.2) is 11.5 Å². The molecule has 0 radical (unpaired) electrons. The van der Waals surface area contributed by atoms with Crippen LogP contribution in [0.1, 0.15) is 0 Å². The fourth-order valence-corrected chi connectivity index (χ4v) is 3.19. The molecule has 34 heavy (non-hydrogen) atoms. The van der Waals surface area contributed by atoms with Gasteiger partial charge in [-0.25, -0.2) is 13.6 Å². The summed E-state index contributed by atoms with van der Waals surface area (Å²) in [5.41, 5.74) is 6.44. The van der Waals surface area contributed by atoms with Gasteiger partial charge in [-0.1, -0.05) is 0 Å². The molecule has 0 unspecified atom stereocenters. The van der Waals surface area contributed by atoms with Crippen molar-refractivity contribution in [1.29, 1.82) is 0 Å². The summed E-state index contributed by atoms with van der Waals surface area (Å²) in [6.45, 7) is -0.0197. The average molecular weight is 466 g/mol. The zero-order chi connectivity index (χ0) is 24.1. The smallest absolute Gasteiger partial charge is 0.323 e. The van der Waals surface area contributed by atoms with Crippen LogP contribution < -0.4 is 30.6 Å². The maximum Gasteiger partial charge on any atom is 0.323 e. The van der Waals surface area contributed by atoms with Crippen LogP contribution in [-0.2, 0) is 0 Å². The molecule has 0 fully saturated rings. The third kappa shape index (κ3) is 5.13. The predicted octanol–water partition coefficient (Wildman–Crippen LogP) is 5.25. The highest BCUT2D eigenvalue weighted by molar-refractivity contribution is 5.99. The van der Waals surface area contributed by atoms with Crippen LogP contribution in [0.25, 0.3) is 10.9 Å². The van der Waals surface area contributed by atoms with E-state index in [1.165, 1.54) is 7.11 Å². The third-order valence-corrected chi connectivity index (χ3v) is 4.75. The van der Waals surface area contributed by atoms with Gasteiger partial charge in [0.05, 0.1) is 18.3 Å². The number of rotatable bonds is 7. The van der Waals surface area contributed by atoms with Gasteiger partial charge in [0.1, 0.15) is 29.9 Å². The molecule has 0 bridgehead atoms. The first-order valence-corrected chi connectivity index (χ1v) is 10.1. The van der Waals surface area contributed by atoms with E-state index >= 15 is 0 Å². The first-order valence-electron chi connectivity index (χ1n) is 10.1. The van der Waals surface area contributed by atoms with E-state index in [0.717, 1.165) is 12.1 Å². The number of carbonyl (C=O) groups is 1. The molecule has 174 valence electrons. The number of nitrogens with two attached hydrogens (primary N) is 1. The summed E-state index contributed by atoms with van der Waals surface area (Å²) in [5.74, 6) is 0.375. The summed E-state index contributed by atoms with van der Waals surface area (Å²) in [6, 6.07) is 13.9. The topological polar surface area (TPSA) is 108 Å². The molecule has 0 aliphatic rings. The van der Waals surface area contributed by atoms with Crippen LogP contribution in [0.5, 0.6) is 23.0 Å². The van der Waals surface area contributed by atoms with Crippen LogP contribution in [0.15, 0.2) is 66.9 Å². The molecule has 0 aliphatic carbocycles. The molecule has 4 rings (SSSR count). The number of hydrogen-bond donors (Lipinski definition) is 3. The van der Waals surface area contributed by atoms with Gasteiger partial charge >= 0.3 is 6.03 Å². The molecule has 4 aromatic rings. The van der Waals surface area contributed by atoms with Crippen molar-refractivity contribution in [2.24, 2.45) is 5.73 Å². The minimum Gasteiger partial charge on any atom is -0.493 e. The standard InChI is InChI=1S/C24H20F2N4O4/c1-32-22-12-20-17(11-23(22)33-13-27)21(8-9-28-20)34-16-5-3-15(4-6-16)29-24(31)30-19-7-2-14(25)10-18(19)26/h2-12H,13,27H2,1H3,(H2,29,30,31). The Balaban J connectivity index is 1.48. The lowest BCUT2D eigenvalue weighted by molar-refractivity contribution is 0.262. The summed E-state index contributed by atoms with van der Waals surface area (Å²) in [5, 5.41) is 5.58. The number of anilines is 2. The fraction of sp³-hybridized carbons (Fsp3) is 0.0833. The van der Waals surface area contributed by atoms with Crippen LogP contribution in [-0.4, -0.2) is 24.9 Å². The molecular formula is C24H20F2N4O4. The van der Waals surface area contributed by atoms with Crippen LogP contribution >= 0.6 is 0 Å². The van der Waals surface area contributed by atoms with E-state index in [1.807, 2.05) is 0 Å². The number of fused-ring (bicyclic) bond motifs is 1. The van der Waals surface area contributed by atoms with Gasteiger partial charge < -0.3 is 24.8 Å². The third-order valence-electron chi connectivity index (χ3n) is 4.75. The second kappa shape index (κ2) is 10.0. The highest BCUT2D eigenvalue weighted by Crippen LogP contribution is 2.37. The van der Waals surface area contributed by atoms with Crippen LogP contribution in [0.2, 0.25) is 0 Å². The van der Waals surface area contributed by atoms with Crippen molar-refractivity contribution in [3.8, 4) is 23.0 Å². The highest BCUT2D eigenvalue weighted by atomic mass is 19.1. The maximum absolute atomic E-state index is 13.7. The predicted molar refractivity (Wildman–Crippen MR) is 123 cm³/mol. The minimum absolute atomic E-state index is 0.0197. The van der Waals surface area contributed by atoms with E-state index in [4.69, 9.17) is 19.9 Å². The van der Waals surface area contributed by atoms with Crippen LogP contribution in [0.4, 0.5) is 25.0 Å². The molecule has 3 aromatic carbocycles. The summed E-state index contributed by atoms with van der Waals surface area (Å²) >= 11 is 0. The Hall–Kier alpha value is -4.44. The van der Waals surface area contributed by atoms with Gasteiger partial charge in [0.25, 0.3) is 0 Å². The quantitative estimate of drug-likeness (QED) is 0.321. The lowest BCUT2D eigenvalue weighted by Crippen LogP contribution is -2.20. The number of nitrogens with one attached hydrogen (secondary N) is 2. The van der Waals surface area contributed by atoms with Crippen LogP contribution in [0.3, 0.4) is 0 Å². The number of pyridine rings is 1. The van der Waals surface area contributed by atoms with E-state index in [1.54, 1.807) is 48.7 Å². The Morgan fingerprint density at radius 2 is 1.76 bits per heavy atom. The summed E-state index contributed by atoms with van der Waals surface area (Å²) < 4.78 is 43.5. The van der Waals surface area contributed by atoms with Crippen molar-refractivity contribution >= 4 is 28.3 Å². The van der Waals surface area contributed by atoms with Gasteiger partial charge in [-0.15, -0.1) is 0 Å². The average Bonchev–Trinajstić information content (AvgIpc) is 2.82. The molecule has 8 nitrogen and oxygen atoms in total. The highest BCUT2D eigenvalue weighted by Gasteiger charge is 2.12. The molecule has 1 heterocycles. The number of nitrogens with zero attached hydrogens (tertiary/aromatic N) is 1. The number of methoxy groups -OCH3 is 1. The van der Waals surface area contributed by atoms with Crippen LogP contribution in [0, 0.1) is 11.6 Å². The molecule has 1 aromatic heterocycles. The second-order valence-electron chi connectivity index (χ2n) is 6.97. The largest absolute Gasteiger partial charge is 0.493 e. The Morgan fingerprint density at radius 1 is 0.971 bits per heavy atom. The van der Waals surface area contributed by atoms with Gasteiger partial charge in [-0.05, 0) is 48.5 Å². The maximum atomic E-state index is 13.7. The number of halogens is 2. The first kappa shape index (κ1) is 22.7. The van der Waals surface area contributed by atoms with Gasteiger partial charge in [0.2, 0.25) is 0 Å². The number of benzene rings is 3.